The molecule has 0 fully saturated rings. The number of thioether (sulfide) groups is 1. The summed E-state index contributed by atoms with van der Waals surface area (Å²) in [5.74, 6) is 3.48. The van der Waals surface area contributed by atoms with Crippen LogP contribution in [0.5, 0.6) is 0 Å². The molecule has 0 bridgehead atoms. The summed E-state index contributed by atoms with van der Waals surface area (Å²) < 4.78 is 0. The zero-order valence-electron chi connectivity index (χ0n) is 6.89. The van der Waals surface area contributed by atoms with Gasteiger partial charge in [0.2, 0.25) is 0 Å². The van der Waals surface area contributed by atoms with E-state index >= 15 is 0 Å². The first-order chi connectivity index (χ1) is 6.22. The van der Waals surface area contributed by atoms with E-state index in [9.17, 15) is 0 Å². The molecule has 1 aromatic rings. The van der Waals surface area contributed by atoms with Crippen LogP contribution in [-0.4, -0.2) is 5.75 Å². The van der Waals surface area contributed by atoms with Gasteiger partial charge in [0, 0.05) is 27.1 Å². The molecule has 0 saturated carbocycles. The molecule has 3 heteroatoms. The second-order valence-electron chi connectivity index (χ2n) is 2.41. The molecule has 1 aromatic carbocycles. The lowest BCUT2D eigenvalue weighted by Crippen LogP contribution is -1.77. The van der Waals surface area contributed by atoms with Crippen LogP contribution in [-0.2, 0) is 0 Å². The molecular weight excluding hydrogens is 223 g/mol. The monoisotopic (exact) mass is 230 g/mol. The lowest BCUT2D eigenvalue weighted by Gasteiger charge is -2.00. The van der Waals surface area contributed by atoms with Gasteiger partial charge in [0.25, 0.3) is 0 Å². The normalized spacial score (nSPS) is 9.62. The summed E-state index contributed by atoms with van der Waals surface area (Å²) in [5, 5.41) is 1.33. The highest BCUT2D eigenvalue weighted by molar-refractivity contribution is 7.99. The Balaban J connectivity index is 2.62. The van der Waals surface area contributed by atoms with E-state index in [0.717, 1.165) is 17.1 Å². The number of rotatable bonds is 3. The van der Waals surface area contributed by atoms with E-state index < -0.39 is 0 Å². The van der Waals surface area contributed by atoms with Gasteiger partial charge in [-0.1, -0.05) is 23.2 Å². The van der Waals surface area contributed by atoms with Gasteiger partial charge in [-0.3, -0.25) is 0 Å². The molecule has 0 spiro atoms. The van der Waals surface area contributed by atoms with E-state index in [-0.39, 0.29) is 0 Å². The van der Waals surface area contributed by atoms with Gasteiger partial charge in [-0.25, -0.2) is 0 Å². The molecule has 0 N–H and O–H groups in total. The molecular formula is C10H8Cl2S. The van der Waals surface area contributed by atoms with Gasteiger partial charge in [-0.2, -0.15) is 0 Å². The van der Waals surface area contributed by atoms with E-state index in [4.69, 9.17) is 29.6 Å². The van der Waals surface area contributed by atoms with Crippen molar-refractivity contribution in [1.29, 1.82) is 0 Å². The first-order valence-corrected chi connectivity index (χ1v) is 5.49. The van der Waals surface area contributed by atoms with Crippen LogP contribution in [0.4, 0.5) is 0 Å². The summed E-state index contributed by atoms with van der Waals surface area (Å²) >= 11 is 13.3. The van der Waals surface area contributed by atoms with Gasteiger partial charge in [-0.05, 0) is 18.2 Å². The topological polar surface area (TPSA) is 0 Å². The quantitative estimate of drug-likeness (QED) is 0.428. The zero-order valence-corrected chi connectivity index (χ0v) is 9.22. The Kier molecular flexibility index (Phi) is 4.52. The lowest BCUT2D eigenvalue weighted by molar-refractivity contribution is 1.29. The van der Waals surface area contributed by atoms with Crippen LogP contribution in [0.1, 0.15) is 6.42 Å². The molecule has 0 saturated heterocycles. The first kappa shape index (κ1) is 10.8. The van der Waals surface area contributed by atoms with E-state index in [1.165, 1.54) is 0 Å². The molecule has 0 unspecified atom stereocenters. The van der Waals surface area contributed by atoms with Gasteiger partial charge < -0.3 is 0 Å². The highest BCUT2D eigenvalue weighted by atomic mass is 35.5. The summed E-state index contributed by atoms with van der Waals surface area (Å²) in [5.41, 5.74) is 0. The second kappa shape index (κ2) is 5.44. The molecule has 0 amide bonds. The fourth-order valence-electron chi connectivity index (χ4n) is 0.840. The zero-order chi connectivity index (χ0) is 9.68. The highest BCUT2D eigenvalue weighted by Gasteiger charge is 1.97. The molecule has 13 heavy (non-hydrogen) atoms. The van der Waals surface area contributed by atoms with Crippen molar-refractivity contribution in [1.82, 2.24) is 0 Å². The van der Waals surface area contributed by atoms with E-state index in [1.807, 2.05) is 12.1 Å². The Bertz CT molecular complexity index is 308. The van der Waals surface area contributed by atoms with Crippen molar-refractivity contribution in [3.05, 3.63) is 28.2 Å². The largest absolute Gasteiger partial charge is 0.125 e. The van der Waals surface area contributed by atoms with Gasteiger partial charge in [0.1, 0.15) is 0 Å². The number of benzene rings is 1. The molecule has 0 aliphatic heterocycles. The average molecular weight is 231 g/mol. The Morgan fingerprint density at radius 1 is 1.23 bits per heavy atom. The molecule has 0 atom stereocenters. The summed E-state index contributed by atoms with van der Waals surface area (Å²) in [6.07, 6.45) is 5.90. The number of terminal acetylenes is 1. The van der Waals surface area contributed by atoms with Gasteiger partial charge in [-0.15, -0.1) is 24.1 Å². The Morgan fingerprint density at radius 2 is 1.85 bits per heavy atom. The van der Waals surface area contributed by atoms with Crippen molar-refractivity contribution in [2.45, 2.75) is 11.3 Å². The third-order valence-electron chi connectivity index (χ3n) is 1.35. The number of hydrogen-bond donors (Lipinski definition) is 0. The van der Waals surface area contributed by atoms with Gasteiger partial charge >= 0.3 is 0 Å². The second-order valence-corrected chi connectivity index (χ2v) is 4.45. The molecule has 0 radical (unpaired) electrons. The summed E-state index contributed by atoms with van der Waals surface area (Å²) in [6, 6.07) is 5.48. The predicted molar refractivity (Wildman–Crippen MR) is 60.6 cm³/mol. The summed E-state index contributed by atoms with van der Waals surface area (Å²) in [4.78, 5) is 1.06. The first-order valence-electron chi connectivity index (χ1n) is 3.75. The third-order valence-corrected chi connectivity index (χ3v) is 2.76. The molecule has 1 rings (SSSR count). The third kappa shape index (κ3) is 3.95. The van der Waals surface area contributed by atoms with Crippen molar-refractivity contribution < 1.29 is 0 Å². The Hall–Kier alpha value is -0.290. The summed E-state index contributed by atoms with van der Waals surface area (Å²) in [7, 11) is 0. The van der Waals surface area contributed by atoms with Crippen molar-refractivity contribution in [3.63, 3.8) is 0 Å². The van der Waals surface area contributed by atoms with Crippen LogP contribution < -0.4 is 0 Å². The minimum Gasteiger partial charge on any atom is -0.125 e. The minimum absolute atomic E-state index is 0.663. The molecule has 0 nitrogen and oxygen atoms in total. The van der Waals surface area contributed by atoms with Crippen LogP contribution in [0.25, 0.3) is 0 Å². The molecule has 0 aliphatic rings. The molecule has 68 valence electrons. The van der Waals surface area contributed by atoms with E-state index in [2.05, 4.69) is 5.92 Å². The van der Waals surface area contributed by atoms with Crippen molar-refractivity contribution in [2.75, 3.05) is 5.75 Å². The van der Waals surface area contributed by atoms with Crippen LogP contribution in [0, 0.1) is 12.3 Å². The Labute approximate surface area is 92.6 Å². The highest BCUT2D eigenvalue weighted by Crippen LogP contribution is 2.26. The maximum absolute atomic E-state index is 5.82. The van der Waals surface area contributed by atoms with Crippen LogP contribution in [0.2, 0.25) is 10.0 Å². The minimum atomic E-state index is 0.663. The van der Waals surface area contributed by atoms with Crippen molar-refractivity contribution >= 4 is 35.0 Å². The maximum Gasteiger partial charge on any atom is 0.0431 e. The number of hydrogen-bond acceptors (Lipinski definition) is 1. The summed E-state index contributed by atoms with van der Waals surface area (Å²) in [6.45, 7) is 0. The Morgan fingerprint density at radius 3 is 2.38 bits per heavy atom. The van der Waals surface area contributed by atoms with E-state index in [0.29, 0.717) is 10.0 Å². The van der Waals surface area contributed by atoms with Crippen LogP contribution >= 0.6 is 35.0 Å². The van der Waals surface area contributed by atoms with E-state index in [1.54, 1.807) is 17.8 Å². The van der Waals surface area contributed by atoms with Gasteiger partial charge in [0.05, 0.1) is 0 Å². The van der Waals surface area contributed by atoms with Crippen LogP contribution in [0.3, 0.4) is 0 Å². The maximum atomic E-state index is 5.82. The standard InChI is InChI=1S/C10H8Cl2S/c1-2-3-4-13-10-6-8(11)5-9(12)7-10/h1,5-7H,3-4H2. The van der Waals surface area contributed by atoms with Crippen molar-refractivity contribution in [2.24, 2.45) is 0 Å². The SMILES string of the molecule is C#CCCSc1cc(Cl)cc(Cl)c1. The number of halogens is 2. The molecule has 0 heterocycles. The fraction of sp³-hybridized carbons (Fsp3) is 0.200. The van der Waals surface area contributed by atoms with Crippen molar-refractivity contribution in [3.8, 4) is 12.3 Å². The molecule has 0 aromatic heterocycles. The fourth-order valence-corrected chi connectivity index (χ4v) is 2.37. The average Bonchev–Trinajstić information content (AvgIpc) is 2.03. The predicted octanol–water partition coefficient (Wildman–Crippen LogP) is 4.11. The smallest absolute Gasteiger partial charge is 0.0431 e. The van der Waals surface area contributed by atoms with Crippen LogP contribution in [0.15, 0.2) is 23.1 Å². The van der Waals surface area contributed by atoms with Gasteiger partial charge in [0.15, 0.2) is 0 Å². The molecule has 0 aliphatic carbocycles. The lowest BCUT2D eigenvalue weighted by atomic mass is 10.4.